The molecule has 1 unspecified atom stereocenters. The standard InChI is InChI=1S/C31H35F2N3O5/c1-31(2,3)41-30(40)35-13-11-21(12-14-35)27(37)8-9-28(38)22-6-4-5-20(15-22)19-36-29(39)10-7-26(34-36)23-16-24(32)18-25(33)17-23/h4-7,10,15-18,21,27,37H,8-9,11-14,19H2,1-3H3. The Morgan fingerprint density at radius 2 is 1.73 bits per heavy atom. The number of amides is 1. The summed E-state index contributed by atoms with van der Waals surface area (Å²) < 4.78 is 33.9. The third-order valence-corrected chi connectivity index (χ3v) is 7.01. The van der Waals surface area contributed by atoms with E-state index in [4.69, 9.17) is 4.74 Å². The van der Waals surface area contributed by atoms with Gasteiger partial charge in [-0.1, -0.05) is 18.2 Å². The molecule has 1 fully saturated rings. The molecule has 1 saturated heterocycles. The number of ketones is 1. The van der Waals surface area contributed by atoms with Gasteiger partial charge in [-0.25, -0.2) is 18.3 Å². The van der Waals surface area contributed by atoms with Gasteiger partial charge in [0, 0.05) is 42.8 Å². The molecule has 1 aliphatic heterocycles. The van der Waals surface area contributed by atoms with Crippen LogP contribution >= 0.6 is 0 Å². The van der Waals surface area contributed by atoms with Gasteiger partial charge in [-0.3, -0.25) is 9.59 Å². The molecule has 2 heterocycles. The van der Waals surface area contributed by atoms with Crippen molar-refractivity contribution in [3.05, 3.63) is 87.7 Å². The van der Waals surface area contributed by atoms with Crippen molar-refractivity contribution in [3.8, 4) is 11.3 Å². The number of nitrogens with zero attached hydrogens (tertiary/aromatic N) is 3. The van der Waals surface area contributed by atoms with Crippen LogP contribution in [0.4, 0.5) is 13.6 Å². The fourth-order valence-electron chi connectivity index (χ4n) is 4.89. The Bertz CT molecular complexity index is 1440. The third kappa shape index (κ3) is 8.29. The van der Waals surface area contributed by atoms with E-state index in [1.807, 2.05) is 20.8 Å². The summed E-state index contributed by atoms with van der Waals surface area (Å²) in [5.41, 5.74) is 0.582. The highest BCUT2D eigenvalue weighted by Gasteiger charge is 2.30. The average molecular weight is 568 g/mol. The Morgan fingerprint density at radius 1 is 1.05 bits per heavy atom. The molecule has 1 amide bonds. The van der Waals surface area contributed by atoms with E-state index in [9.17, 15) is 28.3 Å². The second-order valence-electron chi connectivity index (χ2n) is 11.4. The number of likely N-dealkylation sites (tertiary alicyclic amines) is 1. The molecule has 218 valence electrons. The number of carbonyl (C=O) groups is 2. The molecule has 1 aliphatic rings. The predicted molar refractivity (Wildman–Crippen MR) is 149 cm³/mol. The summed E-state index contributed by atoms with van der Waals surface area (Å²) >= 11 is 0. The second kappa shape index (κ2) is 12.7. The first-order valence-corrected chi connectivity index (χ1v) is 13.7. The highest BCUT2D eigenvalue weighted by Crippen LogP contribution is 2.25. The normalized spacial score (nSPS) is 15.0. The van der Waals surface area contributed by atoms with Crippen molar-refractivity contribution in [2.24, 2.45) is 5.92 Å². The summed E-state index contributed by atoms with van der Waals surface area (Å²) in [4.78, 5) is 39.3. The Balaban J connectivity index is 1.34. The van der Waals surface area contributed by atoms with E-state index in [0.29, 0.717) is 43.5 Å². The first-order chi connectivity index (χ1) is 19.4. The molecule has 8 nitrogen and oxygen atoms in total. The molecule has 0 saturated carbocycles. The molecule has 0 spiro atoms. The summed E-state index contributed by atoms with van der Waals surface area (Å²) in [5.74, 6) is -1.64. The summed E-state index contributed by atoms with van der Waals surface area (Å²) in [6, 6.07) is 12.5. The van der Waals surface area contributed by atoms with Crippen LogP contribution in [0.5, 0.6) is 0 Å². The number of hydrogen-bond acceptors (Lipinski definition) is 6. The van der Waals surface area contributed by atoms with Crippen molar-refractivity contribution in [2.45, 2.75) is 64.7 Å². The van der Waals surface area contributed by atoms with Gasteiger partial charge in [0.15, 0.2) is 5.78 Å². The van der Waals surface area contributed by atoms with Crippen molar-refractivity contribution in [2.75, 3.05) is 13.1 Å². The SMILES string of the molecule is CC(C)(C)OC(=O)N1CCC(C(O)CCC(=O)c2cccc(Cn3nc(-c4cc(F)cc(F)c4)ccc3=O)c2)CC1. The fourth-order valence-corrected chi connectivity index (χ4v) is 4.89. The zero-order valence-electron chi connectivity index (χ0n) is 23.5. The summed E-state index contributed by atoms with van der Waals surface area (Å²) in [6.45, 7) is 6.51. The predicted octanol–water partition coefficient (Wildman–Crippen LogP) is 5.21. The number of aliphatic hydroxyl groups excluding tert-OH is 1. The third-order valence-electron chi connectivity index (χ3n) is 7.01. The Morgan fingerprint density at radius 3 is 2.39 bits per heavy atom. The number of aromatic nitrogens is 2. The molecule has 10 heteroatoms. The molecule has 0 aliphatic carbocycles. The first kappa shape index (κ1) is 30.0. The van der Waals surface area contributed by atoms with E-state index in [-0.39, 0.29) is 42.0 Å². The van der Waals surface area contributed by atoms with Gasteiger partial charge in [0.2, 0.25) is 0 Å². The highest BCUT2D eigenvalue weighted by atomic mass is 19.1. The number of halogens is 2. The zero-order valence-corrected chi connectivity index (χ0v) is 23.5. The van der Waals surface area contributed by atoms with Crippen LogP contribution < -0.4 is 5.56 Å². The molecular formula is C31H35F2N3O5. The molecule has 0 bridgehead atoms. The van der Waals surface area contributed by atoms with Crippen LogP contribution in [0.3, 0.4) is 0 Å². The maximum atomic E-state index is 13.7. The highest BCUT2D eigenvalue weighted by molar-refractivity contribution is 5.96. The van der Waals surface area contributed by atoms with Gasteiger partial charge in [-0.05, 0) is 75.8 Å². The van der Waals surface area contributed by atoms with Crippen molar-refractivity contribution in [1.29, 1.82) is 0 Å². The van der Waals surface area contributed by atoms with Gasteiger partial charge >= 0.3 is 6.09 Å². The van der Waals surface area contributed by atoms with Gasteiger partial charge in [-0.15, -0.1) is 0 Å². The van der Waals surface area contributed by atoms with Crippen LogP contribution in [-0.4, -0.2) is 56.5 Å². The smallest absolute Gasteiger partial charge is 0.410 e. The molecule has 2 aromatic carbocycles. The van der Waals surface area contributed by atoms with Crippen LogP contribution in [0.15, 0.2) is 59.4 Å². The Kier molecular flexibility index (Phi) is 9.32. The van der Waals surface area contributed by atoms with Crippen LogP contribution in [0, 0.1) is 17.6 Å². The van der Waals surface area contributed by atoms with E-state index in [1.54, 1.807) is 29.2 Å². The number of aliphatic hydroxyl groups is 1. The molecule has 4 rings (SSSR count). The zero-order chi connectivity index (χ0) is 29.7. The molecule has 0 radical (unpaired) electrons. The lowest BCUT2D eigenvalue weighted by atomic mass is 9.88. The van der Waals surface area contributed by atoms with Crippen LogP contribution in [0.1, 0.15) is 62.4 Å². The number of benzene rings is 2. The topological polar surface area (TPSA) is 102 Å². The summed E-state index contributed by atoms with van der Waals surface area (Å²) in [5, 5.41) is 15.0. The maximum Gasteiger partial charge on any atom is 0.410 e. The van der Waals surface area contributed by atoms with Gasteiger partial charge in [-0.2, -0.15) is 5.10 Å². The van der Waals surface area contributed by atoms with E-state index >= 15 is 0 Å². The number of carbonyl (C=O) groups excluding carboxylic acids is 2. The summed E-state index contributed by atoms with van der Waals surface area (Å²) in [7, 11) is 0. The summed E-state index contributed by atoms with van der Waals surface area (Å²) in [6.07, 6.45) is 0.692. The van der Waals surface area contributed by atoms with E-state index < -0.39 is 28.9 Å². The van der Waals surface area contributed by atoms with E-state index in [2.05, 4.69) is 5.10 Å². The van der Waals surface area contributed by atoms with Gasteiger partial charge < -0.3 is 14.7 Å². The molecule has 41 heavy (non-hydrogen) atoms. The van der Waals surface area contributed by atoms with E-state index in [1.165, 1.54) is 16.8 Å². The number of ether oxygens (including phenoxy) is 1. The molecule has 3 aromatic rings. The van der Waals surface area contributed by atoms with Crippen molar-refractivity contribution < 1.29 is 28.2 Å². The maximum absolute atomic E-state index is 13.7. The minimum absolute atomic E-state index is 0.00962. The largest absolute Gasteiger partial charge is 0.444 e. The van der Waals surface area contributed by atoms with Crippen molar-refractivity contribution in [1.82, 2.24) is 14.7 Å². The fraction of sp³-hybridized carbons (Fsp3) is 0.419. The van der Waals surface area contributed by atoms with Crippen LogP contribution in [-0.2, 0) is 11.3 Å². The number of piperidine rings is 1. The lowest BCUT2D eigenvalue weighted by Crippen LogP contribution is -2.43. The van der Waals surface area contributed by atoms with Gasteiger partial charge in [0.05, 0.1) is 18.3 Å². The van der Waals surface area contributed by atoms with Gasteiger partial charge in [0.25, 0.3) is 5.56 Å². The minimum Gasteiger partial charge on any atom is -0.444 e. The number of Topliss-reactive ketones (excluding diaryl/α,β-unsaturated/α-hetero) is 1. The first-order valence-electron chi connectivity index (χ1n) is 13.7. The second-order valence-corrected chi connectivity index (χ2v) is 11.4. The monoisotopic (exact) mass is 567 g/mol. The lowest BCUT2D eigenvalue weighted by Gasteiger charge is -2.35. The van der Waals surface area contributed by atoms with E-state index in [0.717, 1.165) is 18.2 Å². The van der Waals surface area contributed by atoms with Crippen molar-refractivity contribution >= 4 is 11.9 Å². The quantitative estimate of drug-likeness (QED) is 0.375. The number of rotatable bonds is 8. The van der Waals surface area contributed by atoms with Crippen LogP contribution in [0.2, 0.25) is 0 Å². The number of hydrogen-bond donors (Lipinski definition) is 1. The lowest BCUT2D eigenvalue weighted by molar-refractivity contribution is 0.00684. The molecule has 1 N–H and O–H groups in total. The van der Waals surface area contributed by atoms with Crippen molar-refractivity contribution in [3.63, 3.8) is 0 Å². The molecule has 1 atom stereocenters. The molecular weight excluding hydrogens is 532 g/mol. The minimum atomic E-state index is -0.748. The Labute approximate surface area is 237 Å². The molecule has 1 aromatic heterocycles. The van der Waals surface area contributed by atoms with Crippen LogP contribution in [0.25, 0.3) is 11.3 Å². The average Bonchev–Trinajstić information content (AvgIpc) is 2.91. The van der Waals surface area contributed by atoms with Gasteiger partial charge in [0.1, 0.15) is 17.2 Å². The Hall–Kier alpha value is -3.92.